The van der Waals surface area contributed by atoms with Crippen LogP contribution in [0.3, 0.4) is 0 Å². The van der Waals surface area contributed by atoms with Gasteiger partial charge >= 0.3 is 5.69 Å². The third kappa shape index (κ3) is 1.96. The van der Waals surface area contributed by atoms with Crippen LogP contribution >= 0.6 is 0 Å². The second-order valence-electron chi connectivity index (χ2n) is 4.97. The molecule has 1 aliphatic rings. The number of nitrogens with one attached hydrogen (secondary N) is 1. The molecule has 0 radical (unpaired) electrons. The Morgan fingerprint density at radius 1 is 1.50 bits per heavy atom. The molecule has 0 aromatic carbocycles. The maximum absolute atomic E-state index is 11.2. The number of aromatic nitrogens is 2. The number of rotatable bonds is 3. The summed E-state index contributed by atoms with van der Waals surface area (Å²) in [5.74, 6) is 0.662. The van der Waals surface area contributed by atoms with Crippen LogP contribution in [-0.2, 0) is 0 Å². The molecule has 18 heavy (non-hydrogen) atoms. The Bertz CT molecular complexity index is 475. The van der Waals surface area contributed by atoms with Gasteiger partial charge in [0.1, 0.15) is 6.33 Å². The molecule has 0 atom stereocenters. The molecule has 7 heteroatoms. The predicted molar refractivity (Wildman–Crippen MR) is 68.9 cm³/mol. The summed E-state index contributed by atoms with van der Waals surface area (Å²) in [4.78, 5) is 20.8. The first-order valence-electron chi connectivity index (χ1n) is 5.92. The summed E-state index contributed by atoms with van der Waals surface area (Å²) >= 11 is 0. The molecule has 0 aliphatic carbocycles. The quantitative estimate of drug-likeness (QED) is 0.651. The summed E-state index contributed by atoms with van der Waals surface area (Å²) < 4.78 is 0. The lowest BCUT2D eigenvalue weighted by molar-refractivity contribution is -0.383. The van der Waals surface area contributed by atoms with Crippen molar-refractivity contribution in [2.45, 2.75) is 32.2 Å². The van der Waals surface area contributed by atoms with Crippen LogP contribution in [0.5, 0.6) is 0 Å². The van der Waals surface area contributed by atoms with Crippen LogP contribution < -0.4 is 10.2 Å². The van der Waals surface area contributed by atoms with E-state index in [1.165, 1.54) is 6.33 Å². The van der Waals surface area contributed by atoms with E-state index in [0.29, 0.717) is 5.82 Å². The standard InChI is InChI=1S/C11H17N5O2/c1-11(2)5-4-6-15(11)10-8(16(17)18)9(12-3)13-7-14-10/h7H,4-6H2,1-3H3,(H,12,13,14). The van der Waals surface area contributed by atoms with Gasteiger partial charge in [0.2, 0.25) is 11.6 Å². The molecule has 1 N–H and O–H groups in total. The average Bonchev–Trinajstić information content (AvgIpc) is 2.67. The Kier molecular flexibility index (Phi) is 3.06. The molecule has 1 saturated heterocycles. The fraction of sp³-hybridized carbons (Fsp3) is 0.636. The number of nitro groups is 1. The van der Waals surface area contributed by atoms with Crippen LogP contribution in [-0.4, -0.2) is 34.0 Å². The van der Waals surface area contributed by atoms with Crippen molar-refractivity contribution in [2.24, 2.45) is 0 Å². The third-order valence-electron chi connectivity index (χ3n) is 3.38. The summed E-state index contributed by atoms with van der Waals surface area (Å²) in [7, 11) is 1.62. The minimum Gasteiger partial charge on any atom is -0.367 e. The van der Waals surface area contributed by atoms with Crippen molar-refractivity contribution in [3.63, 3.8) is 0 Å². The monoisotopic (exact) mass is 251 g/mol. The van der Waals surface area contributed by atoms with Gasteiger partial charge in [-0.15, -0.1) is 0 Å². The van der Waals surface area contributed by atoms with E-state index >= 15 is 0 Å². The number of nitrogens with zero attached hydrogens (tertiary/aromatic N) is 4. The lowest BCUT2D eigenvalue weighted by Crippen LogP contribution is -2.39. The third-order valence-corrected chi connectivity index (χ3v) is 3.38. The van der Waals surface area contributed by atoms with Crippen LogP contribution in [0.4, 0.5) is 17.3 Å². The van der Waals surface area contributed by atoms with Crippen molar-refractivity contribution in [3.05, 3.63) is 16.4 Å². The predicted octanol–water partition coefficient (Wildman–Crippen LogP) is 1.81. The molecular weight excluding hydrogens is 234 g/mol. The molecule has 0 unspecified atom stereocenters. The topological polar surface area (TPSA) is 84.2 Å². The largest absolute Gasteiger partial charge is 0.367 e. The van der Waals surface area contributed by atoms with E-state index in [-0.39, 0.29) is 17.0 Å². The molecule has 1 aromatic heterocycles. The Morgan fingerprint density at radius 2 is 2.22 bits per heavy atom. The van der Waals surface area contributed by atoms with E-state index in [9.17, 15) is 10.1 Å². The molecule has 0 amide bonds. The van der Waals surface area contributed by atoms with Gasteiger partial charge in [-0.05, 0) is 26.7 Å². The van der Waals surface area contributed by atoms with Crippen LogP contribution in [0.15, 0.2) is 6.33 Å². The van der Waals surface area contributed by atoms with E-state index < -0.39 is 4.92 Å². The van der Waals surface area contributed by atoms with Gasteiger partial charge in [-0.3, -0.25) is 10.1 Å². The Labute approximate surface area is 105 Å². The highest BCUT2D eigenvalue weighted by Gasteiger charge is 2.38. The maximum Gasteiger partial charge on any atom is 0.353 e. The van der Waals surface area contributed by atoms with Crippen LogP contribution in [0.1, 0.15) is 26.7 Å². The lowest BCUT2D eigenvalue weighted by atomic mass is 10.0. The zero-order chi connectivity index (χ0) is 13.3. The summed E-state index contributed by atoms with van der Waals surface area (Å²) in [6.07, 6.45) is 3.38. The summed E-state index contributed by atoms with van der Waals surface area (Å²) in [5, 5.41) is 14.0. The van der Waals surface area contributed by atoms with Crippen molar-refractivity contribution in [1.82, 2.24) is 9.97 Å². The summed E-state index contributed by atoms with van der Waals surface area (Å²) in [5.41, 5.74) is -0.153. The van der Waals surface area contributed by atoms with E-state index in [0.717, 1.165) is 19.4 Å². The van der Waals surface area contributed by atoms with Crippen molar-refractivity contribution in [2.75, 3.05) is 23.8 Å². The van der Waals surface area contributed by atoms with E-state index in [1.807, 2.05) is 4.90 Å². The van der Waals surface area contributed by atoms with Crippen molar-refractivity contribution < 1.29 is 4.92 Å². The molecule has 0 bridgehead atoms. The molecule has 2 heterocycles. The minimum atomic E-state index is -0.421. The van der Waals surface area contributed by atoms with Gasteiger partial charge in [-0.25, -0.2) is 9.97 Å². The highest BCUT2D eigenvalue weighted by atomic mass is 16.6. The van der Waals surface area contributed by atoms with E-state index in [4.69, 9.17) is 0 Å². The van der Waals surface area contributed by atoms with Gasteiger partial charge in [-0.1, -0.05) is 0 Å². The smallest absolute Gasteiger partial charge is 0.353 e. The highest BCUT2D eigenvalue weighted by Crippen LogP contribution is 2.39. The van der Waals surface area contributed by atoms with Gasteiger partial charge in [-0.2, -0.15) is 0 Å². The van der Waals surface area contributed by atoms with Gasteiger partial charge in [0.25, 0.3) is 0 Å². The molecule has 7 nitrogen and oxygen atoms in total. The Morgan fingerprint density at radius 3 is 2.72 bits per heavy atom. The van der Waals surface area contributed by atoms with Crippen molar-refractivity contribution >= 4 is 17.3 Å². The first-order valence-corrected chi connectivity index (χ1v) is 5.92. The van der Waals surface area contributed by atoms with Crippen molar-refractivity contribution in [3.8, 4) is 0 Å². The molecule has 98 valence electrons. The van der Waals surface area contributed by atoms with Crippen LogP contribution in [0.2, 0.25) is 0 Å². The van der Waals surface area contributed by atoms with Gasteiger partial charge in [0, 0.05) is 19.1 Å². The first-order chi connectivity index (χ1) is 8.47. The molecule has 0 saturated carbocycles. The van der Waals surface area contributed by atoms with E-state index in [1.54, 1.807) is 7.05 Å². The second kappa shape index (κ2) is 4.40. The minimum absolute atomic E-state index is 0.0463. The molecule has 2 rings (SSSR count). The van der Waals surface area contributed by atoms with Gasteiger partial charge in [0.05, 0.1) is 4.92 Å². The van der Waals surface area contributed by atoms with Gasteiger partial charge in [0.15, 0.2) is 0 Å². The Hall–Kier alpha value is -1.92. The number of hydrogen-bond donors (Lipinski definition) is 1. The molecule has 0 spiro atoms. The van der Waals surface area contributed by atoms with Gasteiger partial charge < -0.3 is 10.2 Å². The number of hydrogen-bond acceptors (Lipinski definition) is 6. The Balaban J connectivity index is 2.54. The van der Waals surface area contributed by atoms with Crippen LogP contribution in [0, 0.1) is 10.1 Å². The average molecular weight is 251 g/mol. The van der Waals surface area contributed by atoms with Crippen LogP contribution in [0.25, 0.3) is 0 Å². The van der Waals surface area contributed by atoms with Crippen molar-refractivity contribution in [1.29, 1.82) is 0 Å². The second-order valence-corrected chi connectivity index (χ2v) is 4.97. The lowest BCUT2D eigenvalue weighted by Gasteiger charge is -2.32. The SMILES string of the molecule is CNc1ncnc(N2CCCC2(C)C)c1[N+](=O)[O-]. The maximum atomic E-state index is 11.2. The normalized spacial score (nSPS) is 17.8. The van der Waals surface area contributed by atoms with E-state index in [2.05, 4.69) is 29.1 Å². The first kappa shape index (κ1) is 12.5. The summed E-state index contributed by atoms with van der Waals surface area (Å²) in [6.45, 7) is 4.93. The molecule has 1 aliphatic heterocycles. The zero-order valence-electron chi connectivity index (χ0n) is 10.8. The molecular formula is C11H17N5O2. The fourth-order valence-electron chi connectivity index (χ4n) is 2.42. The molecule has 1 aromatic rings. The molecule has 1 fully saturated rings. The highest BCUT2D eigenvalue weighted by molar-refractivity contribution is 5.71. The zero-order valence-corrected chi connectivity index (χ0v) is 10.8. The summed E-state index contributed by atoms with van der Waals surface area (Å²) in [6, 6.07) is 0. The fourth-order valence-corrected chi connectivity index (χ4v) is 2.42. The number of anilines is 2.